The summed E-state index contributed by atoms with van der Waals surface area (Å²) in [4.78, 5) is 145. The molecule has 1 heterocycles. The van der Waals surface area contributed by atoms with E-state index in [9.17, 15) is 57.8 Å². The second-order valence-electron chi connectivity index (χ2n) is 16.5. The van der Waals surface area contributed by atoms with Gasteiger partial charge in [0.2, 0.25) is 65.0 Å². The zero-order chi connectivity index (χ0) is 50.5. The van der Waals surface area contributed by atoms with E-state index >= 15 is 0 Å². The van der Waals surface area contributed by atoms with Crippen LogP contribution in [0.2, 0.25) is 0 Å². The second kappa shape index (κ2) is 27.3. The fourth-order valence-electron chi connectivity index (χ4n) is 6.71. The first-order chi connectivity index (χ1) is 31.4. The van der Waals surface area contributed by atoms with Crippen LogP contribution < -0.4 is 59.7 Å². The van der Waals surface area contributed by atoms with Crippen LogP contribution in [0.25, 0.3) is 0 Å². The number of phenolic OH excluding ortho intramolecular Hbond substituents is 1. The summed E-state index contributed by atoms with van der Waals surface area (Å²) in [5.74, 6) is -10.5. The molecule has 67 heavy (non-hydrogen) atoms. The van der Waals surface area contributed by atoms with E-state index in [1.165, 1.54) is 19.2 Å². The Morgan fingerprint density at radius 2 is 1.43 bits per heavy atom. The Morgan fingerprint density at radius 1 is 0.806 bits per heavy atom. The lowest BCUT2D eigenvalue weighted by molar-refractivity contribution is -0.140. The summed E-state index contributed by atoms with van der Waals surface area (Å²) < 4.78 is 0. The van der Waals surface area contributed by atoms with Crippen LogP contribution in [-0.2, 0) is 59.2 Å². The van der Waals surface area contributed by atoms with Gasteiger partial charge in [0.15, 0.2) is 0 Å². The molecule has 1 aliphatic rings. The molecule has 15 N–H and O–H groups in total. The van der Waals surface area contributed by atoms with Gasteiger partial charge in [-0.05, 0) is 48.8 Å². The third-order valence-electron chi connectivity index (χ3n) is 11.0. The SMILES string of the molecule is C=C1N[C@@H]([C@@H](C)CC)C(=O)N[C@@H](CCC(N)=O)C(=O)N[C@@H](CC(N)=O)C(=O)N[C@H](C(=O)N(C)CC(=O)N[C@@H](C(=O)NCC(N)=O)[C@H](C)CC)CCC(=O)NCC(=O)N[C@H]1Cc1ccc(O)cc1. The molecule has 0 radical (unpaired) electrons. The monoisotopic (exact) mass is 942 g/mol. The molecule has 1 aliphatic heterocycles. The number of carbonyl (C=O) groups excluding carboxylic acids is 11. The number of nitrogens with one attached hydrogen (secondary N) is 8. The molecule has 24 nitrogen and oxygen atoms in total. The number of nitrogens with zero attached hydrogens (tertiary/aromatic N) is 1. The van der Waals surface area contributed by atoms with Crippen molar-refractivity contribution in [1.29, 1.82) is 0 Å². The van der Waals surface area contributed by atoms with Crippen LogP contribution in [0.5, 0.6) is 5.75 Å². The van der Waals surface area contributed by atoms with Crippen molar-refractivity contribution in [2.45, 2.75) is 115 Å². The molecule has 1 saturated heterocycles. The van der Waals surface area contributed by atoms with Crippen molar-refractivity contribution in [3.8, 4) is 5.75 Å². The summed E-state index contributed by atoms with van der Waals surface area (Å²) in [6.45, 7) is 9.30. The van der Waals surface area contributed by atoms with Crippen LogP contribution in [0.15, 0.2) is 36.5 Å². The Balaban J connectivity index is 2.60. The molecule has 0 saturated carbocycles. The molecule has 2 rings (SSSR count). The quantitative estimate of drug-likeness (QED) is 0.0670. The maximum Gasteiger partial charge on any atom is 0.245 e. The predicted octanol–water partition coefficient (Wildman–Crippen LogP) is -3.97. The van der Waals surface area contributed by atoms with Crippen molar-refractivity contribution in [2.24, 2.45) is 29.0 Å². The van der Waals surface area contributed by atoms with E-state index in [2.05, 4.69) is 49.1 Å². The summed E-state index contributed by atoms with van der Waals surface area (Å²) in [5.41, 5.74) is 16.8. The number of hydrogen-bond donors (Lipinski definition) is 12. The third kappa shape index (κ3) is 19.4. The molecule has 11 amide bonds. The highest BCUT2D eigenvalue weighted by Crippen LogP contribution is 2.17. The summed E-state index contributed by atoms with van der Waals surface area (Å²) in [5, 5.41) is 30.3. The van der Waals surface area contributed by atoms with Gasteiger partial charge in [0.1, 0.15) is 36.0 Å². The zero-order valence-corrected chi connectivity index (χ0v) is 38.5. The minimum atomic E-state index is -1.79. The molecular weight excluding hydrogens is 877 g/mol. The van der Waals surface area contributed by atoms with Gasteiger partial charge in [0.05, 0.1) is 32.1 Å². The molecule has 0 aliphatic carbocycles. The topological polar surface area (TPSA) is 386 Å². The lowest BCUT2D eigenvalue weighted by atomic mass is 9.95. The van der Waals surface area contributed by atoms with Gasteiger partial charge in [-0.3, -0.25) is 52.7 Å². The maximum absolute atomic E-state index is 14.1. The summed E-state index contributed by atoms with van der Waals surface area (Å²) >= 11 is 0. The molecule has 0 spiro atoms. The van der Waals surface area contributed by atoms with Crippen molar-refractivity contribution in [3.05, 3.63) is 42.1 Å². The zero-order valence-electron chi connectivity index (χ0n) is 38.5. The first-order valence-electron chi connectivity index (χ1n) is 21.8. The summed E-state index contributed by atoms with van der Waals surface area (Å²) in [6, 6.07) is -2.03. The van der Waals surface area contributed by atoms with Gasteiger partial charge in [0, 0.05) is 25.6 Å². The Morgan fingerprint density at radius 3 is 2.01 bits per heavy atom. The molecule has 24 heteroatoms. The Hall–Kier alpha value is -7.27. The second-order valence-corrected chi connectivity index (χ2v) is 16.5. The minimum absolute atomic E-state index is 0.00968. The fourth-order valence-corrected chi connectivity index (χ4v) is 6.71. The van der Waals surface area contributed by atoms with Gasteiger partial charge < -0.3 is 69.7 Å². The Labute approximate surface area is 388 Å². The number of phenols is 1. The normalized spacial score (nSPS) is 21.5. The van der Waals surface area contributed by atoms with E-state index in [1.807, 2.05) is 0 Å². The van der Waals surface area contributed by atoms with Crippen LogP contribution >= 0.6 is 0 Å². The van der Waals surface area contributed by atoms with E-state index in [1.54, 1.807) is 39.8 Å². The molecule has 0 aromatic heterocycles. The van der Waals surface area contributed by atoms with E-state index in [0.717, 1.165) is 4.90 Å². The number of hydrogen-bond acceptors (Lipinski definition) is 13. The van der Waals surface area contributed by atoms with Gasteiger partial charge in [-0.2, -0.15) is 0 Å². The van der Waals surface area contributed by atoms with Crippen LogP contribution in [0.1, 0.15) is 78.2 Å². The van der Waals surface area contributed by atoms with Gasteiger partial charge in [-0.25, -0.2) is 0 Å². The van der Waals surface area contributed by atoms with Crippen LogP contribution in [0, 0.1) is 11.8 Å². The first-order valence-corrected chi connectivity index (χ1v) is 21.8. The highest BCUT2D eigenvalue weighted by molar-refractivity contribution is 5.98. The number of benzene rings is 1. The number of primary amides is 3. The molecule has 0 unspecified atom stereocenters. The molecule has 0 bridgehead atoms. The lowest BCUT2D eigenvalue weighted by Gasteiger charge is -2.31. The summed E-state index contributed by atoms with van der Waals surface area (Å²) in [7, 11) is 1.19. The van der Waals surface area contributed by atoms with Gasteiger partial charge in [-0.15, -0.1) is 0 Å². The number of likely N-dealkylation sites (N-methyl/N-ethyl adjacent to an activating group) is 1. The van der Waals surface area contributed by atoms with E-state index in [0.29, 0.717) is 18.4 Å². The first kappa shape index (κ1) is 55.9. The van der Waals surface area contributed by atoms with Crippen molar-refractivity contribution in [3.63, 3.8) is 0 Å². The van der Waals surface area contributed by atoms with Crippen LogP contribution in [0.3, 0.4) is 0 Å². The van der Waals surface area contributed by atoms with Crippen molar-refractivity contribution < 1.29 is 57.8 Å². The molecular formula is C43H66N12O12. The van der Waals surface area contributed by atoms with Crippen LogP contribution in [-0.4, -0.2) is 138 Å². The smallest absolute Gasteiger partial charge is 0.245 e. The molecule has 370 valence electrons. The van der Waals surface area contributed by atoms with Crippen molar-refractivity contribution >= 4 is 65.0 Å². The number of aromatic hydroxyl groups is 1. The summed E-state index contributed by atoms with van der Waals surface area (Å²) in [6.07, 6.45) is -1.59. The highest BCUT2D eigenvalue weighted by atomic mass is 16.3. The van der Waals surface area contributed by atoms with E-state index in [4.69, 9.17) is 17.2 Å². The van der Waals surface area contributed by atoms with Crippen molar-refractivity contribution in [1.82, 2.24) is 47.4 Å². The third-order valence-corrected chi connectivity index (χ3v) is 11.0. The standard InChI is InChI=1S/C43H66N12O12/c1-7-22(3)37(41(65)48-19-33(46)59)54-36(62)21-55(6)43(67)28-14-16-34(60)47-20-35(61)50-29(17-25-9-11-26(56)12-10-25)24(5)49-38(23(4)8-2)42(66)51-27(13-15-31(44)57)39(63)53-30(18-32(45)58)40(64)52-28/h9-12,22-23,27-30,37-38,49,56H,5,7-8,13-21H2,1-4,6H3,(H2,44,57)(H2,45,58)(H2,46,59)(H,47,60)(H,48,65)(H,50,61)(H,51,66)(H,52,64)(H,53,63)(H,54,62)/t22-,23+,27+,28+,29+,30+,37-,38+/m1/s1. The average Bonchev–Trinajstić information content (AvgIpc) is 3.27. The number of carbonyl (C=O) groups is 11. The molecule has 1 aromatic rings. The fraction of sp³-hybridized carbons (Fsp3) is 0.558. The predicted molar refractivity (Wildman–Crippen MR) is 241 cm³/mol. The molecule has 8 atom stereocenters. The molecule has 1 aromatic carbocycles. The largest absolute Gasteiger partial charge is 0.508 e. The molecule has 1 fully saturated rings. The average molecular weight is 943 g/mol. The number of rotatable bonds is 18. The minimum Gasteiger partial charge on any atom is -0.508 e. The highest BCUT2D eigenvalue weighted by Gasteiger charge is 2.35. The van der Waals surface area contributed by atoms with Gasteiger partial charge >= 0.3 is 0 Å². The number of amides is 11. The van der Waals surface area contributed by atoms with Crippen LogP contribution in [0.4, 0.5) is 0 Å². The Bertz CT molecular complexity index is 2000. The Kier molecular flexibility index (Phi) is 22.7. The van der Waals surface area contributed by atoms with E-state index < -0.39 is 158 Å². The number of nitrogens with two attached hydrogens (primary N) is 3. The lowest BCUT2D eigenvalue weighted by Crippen LogP contribution is -2.60. The van der Waals surface area contributed by atoms with Crippen molar-refractivity contribution in [2.75, 3.05) is 26.7 Å². The van der Waals surface area contributed by atoms with Gasteiger partial charge in [-0.1, -0.05) is 59.2 Å². The van der Waals surface area contributed by atoms with Gasteiger partial charge in [0.25, 0.3) is 0 Å². The maximum atomic E-state index is 14.1. The van der Waals surface area contributed by atoms with E-state index in [-0.39, 0.29) is 24.3 Å².